The summed E-state index contributed by atoms with van der Waals surface area (Å²) in [6.45, 7) is 0. The summed E-state index contributed by atoms with van der Waals surface area (Å²) in [6, 6.07) is 0.477. The van der Waals surface area contributed by atoms with E-state index in [0.717, 1.165) is 25.2 Å². The van der Waals surface area contributed by atoms with Crippen LogP contribution in [-0.2, 0) is 5.21 Å². The molecule has 4 bridgehead atoms. The molecule has 0 aromatic carbocycles. The fourth-order valence-corrected chi connectivity index (χ4v) is 3.83. The van der Waals surface area contributed by atoms with Crippen LogP contribution in [0.4, 0.5) is 0 Å². The first-order valence-corrected chi connectivity index (χ1v) is 5.29. The molecule has 0 aromatic rings. The third-order valence-electron chi connectivity index (χ3n) is 3.90. The van der Waals surface area contributed by atoms with Gasteiger partial charge in [-0.25, -0.2) is 0 Å². The van der Waals surface area contributed by atoms with Crippen LogP contribution in [0.5, 0.6) is 0 Å². The molecule has 0 amide bonds. The highest BCUT2D eigenvalue weighted by molar-refractivity contribution is 6.21. The van der Waals surface area contributed by atoms with Crippen molar-refractivity contribution in [3.05, 3.63) is 0 Å². The minimum Gasteiger partial charge on any atom is -0.147 e. The Morgan fingerprint density at radius 3 is 2.83 bits per heavy atom. The molecule has 4 fully saturated rings. The third-order valence-corrected chi connectivity index (χ3v) is 4.54. The van der Waals surface area contributed by atoms with Crippen LogP contribution in [0.1, 0.15) is 25.7 Å². The smallest absolute Gasteiger partial charge is 0.0555 e. The molecule has 4 aliphatic rings. The van der Waals surface area contributed by atoms with Gasteiger partial charge in [0.15, 0.2) is 0 Å². The molecule has 1 radical (unpaired) electrons. The summed E-state index contributed by atoms with van der Waals surface area (Å²) in [7, 11) is 0. The Kier molecular flexibility index (Phi) is 1.50. The van der Waals surface area contributed by atoms with Crippen molar-refractivity contribution in [2.75, 3.05) is 0 Å². The second-order valence-corrected chi connectivity index (χ2v) is 5.10. The average Bonchev–Trinajstić information content (AvgIpc) is 2.07. The molecule has 2 heterocycles. The second-order valence-electron chi connectivity index (χ2n) is 4.59. The Balaban J connectivity index is 1.93. The summed E-state index contributed by atoms with van der Waals surface area (Å²) in [5.74, 6) is 1.47. The van der Waals surface area contributed by atoms with Gasteiger partial charge in [0.1, 0.15) is 0 Å². The van der Waals surface area contributed by atoms with E-state index in [1.807, 2.05) is 0 Å². The largest absolute Gasteiger partial charge is 0.147 e. The fraction of sp³-hybridized carbons (Fsp3) is 1.00. The van der Waals surface area contributed by atoms with E-state index in [0.29, 0.717) is 12.0 Å². The van der Waals surface area contributed by atoms with Crippen molar-refractivity contribution in [1.29, 1.82) is 0 Å². The quantitative estimate of drug-likeness (QED) is 0.530. The van der Waals surface area contributed by atoms with Crippen LogP contribution in [0.15, 0.2) is 0 Å². The summed E-state index contributed by atoms with van der Waals surface area (Å²) < 4.78 is 0. The molecule has 2 nitrogen and oxygen atoms in total. The van der Waals surface area contributed by atoms with Gasteiger partial charge in [0.05, 0.1) is 11.4 Å². The first kappa shape index (κ1) is 7.60. The van der Waals surface area contributed by atoms with Gasteiger partial charge in [0.2, 0.25) is 0 Å². The predicted molar refractivity (Wildman–Crippen MR) is 45.2 cm³/mol. The van der Waals surface area contributed by atoms with Crippen LogP contribution in [-0.4, -0.2) is 22.5 Å². The number of piperidine rings is 2. The lowest BCUT2D eigenvalue weighted by Gasteiger charge is -2.55. The van der Waals surface area contributed by atoms with Gasteiger partial charge in [-0.2, -0.15) is 0 Å². The second kappa shape index (κ2) is 2.37. The topological polar surface area (TPSA) is 23.1 Å². The van der Waals surface area contributed by atoms with Gasteiger partial charge in [-0.15, -0.1) is 21.9 Å². The molecule has 0 spiro atoms. The van der Waals surface area contributed by atoms with E-state index in [9.17, 15) is 5.21 Å². The highest BCUT2D eigenvalue weighted by Gasteiger charge is 2.52. The number of hydrogen-bond acceptors (Lipinski definition) is 1. The van der Waals surface area contributed by atoms with E-state index in [1.54, 1.807) is 0 Å². The van der Waals surface area contributed by atoms with Crippen LogP contribution >= 0.6 is 11.6 Å². The van der Waals surface area contributed by atoms with Crippen LogP contribution in [0.2, 0.25) is 0 Å². The number of alkyl halides is 1. The molecule has 0 N–H and O–H groups in total. The van der Waals surface area contributed by atoms with E-state index in [1.165, 1.54) is 11.5 Å². The Morgan fingerprint density at radius 1 is 1.17 bits per heavy atom. The standard InChI is InChI=1S/C9H13ClNO/c10-9-6-1-5-2-7(4-6)11(12)8(9)3-5/h5-9H,1-4H2/t5-,6+,7-,8+,9+/m1/s1. The summed E-state index contributed by atoms with van der Waals surface area (Å²) >= 11 is 6.22. The molecule has 0 unspecified atom stereocenters. The van der Waals surface area contributed by atoms with Crippen molar-refractivity contribution in [3.8, 4) is 0 Å². The van der Waals surface area contributed by atoms with Crippen molar-refractivity contribution in [2.45, 2.75) is 43.1 Å². The van der Waals surface area contributed by atoms with Crippen LogP contribution < -0.4 is 0 Å². The van der Waals surface area contributed by atoms with E-state index < -0.39 is 0 Å². The molecule has 3 heteroatoms. The molecule has 4 rings (SSSR count). The number of hydrogen-bond donors (Lipinski definition) is 0. The van der Waals surface area contributed by atoms with Gasteiger partial charge in [-0.1, -0.05) is 0 Å². The number of halogens is 1. The van der Waals surface area contributed by atoms with Gasteiger partial charge in [-0.3, -0.25) is 0 Å². The zero-order valence-corrected chi connectivity index (χ0v) is 7.70. The Morgan fingerprint density at radius 2 is 2.00 bits per heavy atom. The molecular weight excluding hydrogens is 174 g/mol. The minimum absolute atomic E-state index is 0.148. The zero-order chi connectivity index (χ0) is 8.29. The highest BCUT2D eigenvalue weighted by atomic mass is 35.5. The Hall–Kier alpha value is 0.210. The van der Waals surface area contributed by atoms with Gasteiger partial charge in [0.25, 0.3) is 0 Å². The SMILES string of the molecule is [O]N1[C@@H]2C[C@H]3C[C@@H](C2)[C@H](Cl)[C@@H]1C3. The summed E-state index contributed by atoms with van der Waals surface area (Å²) in [6.07, 6.45) is 4.55. The molecule has 2 aliphatic carbocycles. The summed E-state index contributed by atoms with van der Waals surface area (Å²) in [5.41, 5.74) is 0. The lowest BCUT2D eigenvalue weighted by Crippen LogP contribution is -2.61. The first-order valence-electron chi connectivity index (χ1n) is 4.85. The van der Waals surface area contributed by atoms with Crippen molar-refractivity contribution in [1.82, 2.24) is 5.06 Å². The molecular formula is C9H13ClNO. The van der Waals surface area contributed by atoms with Crippen molar-refractivity contribution < 1.29 is 5.21 Å². The number of hydroxylamine groups is 2. The fourth-order valence-electron chi connectivity index (χ4n) is 3.41. The molecule has 0 aromatic heterocycles. The van der Waals surface area contributed by atoms with E-state index in [2.05, 4.69) is 0 Å². The van der Waals surface area contributed by atoms with Crippen LogP contribution in [0, 0.1) is 11.8 Å². The minimum atomic E-state index is 0.148. The average molecular weight is 187 g/mol. The molecule has 5 atom stereocenters. The van der Waals surface area contributed by atoms with Crippen molar-refractivity contribution >= 4 is 11.6 Å². The lowest BCUT2D eigenvalue weighted by atomic mass is 9.64. The van der Waals surface area contributed by atoms with Gasteiger partial charge < -0.3 is 0 Å². The summed E-state index contributed by atoms with van der Waals surface area (Å²) in [4.78, 5) is 0. The van der Waals surface area contributed by atoms with E-state index in [4.69, 9.17) is 11.6 Å². The van der Waals surface area contributed by atoms with Crippen LogP contribution in [0.3, 0.4) is 0 Å². The maximum Gasteiger partial charge on any atom is 0.0555 e. The van der Waals surface area contributed by atoms with Gasteiger partial charge in [-0.05, 0) is 37.5 Å². The normalized spacial score (nSPS) is 58.0. The Bertz CT molecular complexity index is 193. The maximum atomic E-state index is 11.6. The van der Waals surface area contributed by atoms with E-state index in [-0.39, 0.29) is 11.4 Å². The molecule has 67 valence electrons. The molecule has 12 heavy (non-hydrogen) atoms. The first-order chi connectivity index (χ1) is 5.75. The molecule has 2 saturated carbocycles. The predicted octanol–water partition coefficient (Wildman–Crippen LogP) is 1.81. The monoisotopic (exact) mass is 186 g/mol. The molecule has 2 saturated heterocycles. The number of rotatable bonds is 0. The van der Waals surface area contributed by atoms with Crippen molar-refractivity contribution in [2.24, 2.45) is 11.8 Å². The van der Waals surface area contributed by atoms with Crippen molar-refractivity contribution in [3.63, 3.8) is 0 Å². The van der Waals surface area contributed by atoms with Gasteiger partial charge >= 0.3 is 0 Å². The number of nitrogens with zero attached hydrogens (tertiary/aromatic N) is 1. The van der Waals surface area contributed by atoms with Gasteiger partial charge in [0, 0.05) is 6.04 Å². The highest BCUT2D eigenvalue weighted by Crippen LogP contribution is 2.50. The maximum absolute atomic E-state index is 11.6. The van der Waals surface area contributed by atoms with Crippen LogP contribution in [0.25, 0.3) is 0 Å². The lowest BCUT2D eigenvalue weighted by molar-refractivity contribution is -0.270. The summed E-state index contributed by atoms with van der Waals surface area (Å²) in [5, 5.41) is 13.1. The zero-order valence-electron chi connectivity index (χ0n) is 6.95. The third kappa shape index (κ3) is 0.835. The Labute approximate surface area is 77.5 Å². The van der Waals surface area contributed by atoms with E-state index >= 15 is 0 Å². The molecule has 2 aliphatic heterocycles.